The summed E-state index contributed by atoms with van der Waals surface area (Å²) >= 11 is 3.93. The second kappa shape index (κ2) is 11.8. The fraction of sp³-hybridized carbons (Fsp3) is 0.375. The van der Waals surface area contributed by atoms with E-state index >= 15 is 0 Å². The van der Waals surface area contributed by atoms with E-state index in [9.17, 15) is 14.4 Å². The zero-order valence-electron chi connectivity index (χ0n) is 19.5. The third-order valence-corrected chi connectivity index (χ3v) is 8.65. The largest absolute Gasteiger partial charge is 0.462 e. The molecule has 2 N–H and O–H groups in total. The zero-order chi connectivity index (χ0) is 24.8. The predicted molar refractivity (Wildman–Crippen MR) is 140 cm³/mol. The van der Waals surface area contributed by atoms with Crippen LogP contribution in [0.5, 0.6) is 0 Å². The van der Waals surface area contributed by atoms with Gasteiger partial charge in [0.1, 0.15) is 5.00 Å². The Hall–Kier alpha value is -2.76. The number of ether oxygens (including phenoxy) is 1. The van der Waals surface area contributed by atoms with Crippen LogP contribution in [-0.4, -0.2) is 39.8 Å². The van der Waals surface area contributed by atoms with Gasteiger partial charge in [0.15, 0.2) is 4.34 Å². The summed E-state index contributed by atoms with van der Waals surface area (Å²) in [4.78, 5) is 38.8. The van der Waals surface area contributed by atoms with Gasteiger partial charge in [0, 0.05) is 11.3 Å². The number of thiophene rings is 1. The van der Waals surface area contributed by atoms with E-state index < -0.39 is 5.25 Å². The van der Waals surface area contributed by atoms with Crippen molar-refractivity contribution in [3.63, 3.8) is 0 Å². The monoisotopic (exact) mass is 530 g/mol. The second-order valence-electron chi connectivity index (χ2n) is 7.94. The predicted octanol–water partition coefficient (Wildman–Crippen LogP) is 4.96. The topological polar surface area (TPSA) is 110 Å². The Labute approximate surface area is 215 Å². The summed E-state index contributed by atoms with van der Waals surface area (Å²) in [6.45, 7) is 3.82. The molecule has 0 aliphatic heterocycles. The molecule has 3 aromatic rings. The van der Waals surface area contributed by atoms with Crippen LogP contribution in [0, 0.1) is 0 Å². The van der Waals surface area contributed by atoms with Crippen molar-refractivity contribution in [1.82, 2.24) is 10.2 Å². The maximum atomic E-state index is 12.9. The number of rotatable bonds is 10. The van der Waals surface area contributed by atoms with Crippen molar-refractivity contribution < 1.29 is 19.1 Å². The Balaban J connectivity index is 1.32. The van der Waals surface area contributed by atoms with Crippen LogP contribution in [-0.2, 0) is 33.6 Å². The Morgan fingerprint density at radius 1 is 1.11 bits per heavy atom. The van der Waals surface area contributed by atoms with E-state index in [-0.39, 0.29) is 24.4 Å². The minimum absolute atomic E-state index is 0.135. The number of benzene rings is 1. The Morgan fingerprint density at radius 3 is 2.69 bits per heavy atom. The first kappa shape index (κ1) is 25.3. The van der Waals surface area contributed by atoms with Crippen molar-refractivity contribution in [1.29, 1.82) is 0 Å². The van der Waals surface area contributed by atoms with Gasteiger partial charge in [0.05, 0.1) is 17.4 Å². The molecule has 1 aliphatic rings. The molecule has 0 spiro atoms. The molecule has 0 radical (unpaired) electrons. The highest BCUT2D eigenvalue weighted by atomic mass is 32.2. The second-order valence-corrected chi connectivity index (χ2v) is 11.6. The first-order valence-electron chi connectivity index (χ1n) is 11.4. The van der Waals surface area contributed by atoms with Gasteiger partial charge in [-0.25, -0.2) is 4.79 Å². The van der Waals surface area contributed by atoms with Gasteiger partial charge in [-0.3, -0.25) is 9.59 Å². The zero-order valence-corrected chi connectivity index (χ0v) is 21.9. The molecule has 35 heavy (non-hydrogen) atoms. The molecular formula is C24H26N4O4S3. The summed E-state index contributed by atoms with van der Waals surface area (Å²) in [5.74, 6) is -0.757. The van der Waals surface area contributed by atoms with E-state index in [1.54, 1.807) is 13.8 Å². The van der Waals surface area contributed by atoms with E-state index in [1.807, 2.05) is 30.3 Å². The molecular weight excluding hydrogens is 504 g/mol. The molecule has 2 amide bonds. The average Bonchev–Trinajstić information content (AvgIpc) is 3.55. The van der Waals surface area contributed by atoms with Crippen LogP contribution in [0.25, 0.3) is 0 Å². The van der Waals surface area contributed by atoms with Crippen molar-refractivity contribution in [2.75, 3.05) is 17.2 Å². The van der Waals surface area contributed by atoms with Crippen LogP contribution in [0.3, 0.4) is 0 Å². The van der Waals surface area contributed by atoms with E-state index in [4.69, 9.17) is 4.74 Å². The highest BCUT2D eigenvalue weighted by molar-refractivity contribution is 8.02. The molecule has 2 heterocycles. The summed E-state index contributed by atoms with van der Waals surface area (Å²) < 4.78 is 5.80. The standard InChI is InChI=1S/C24H26N4O4S3/c1-3-32-22(31)19-16-10-7-11-17(16)34-21(19)26-20(30)14(2)33-24-28-27-23(35-24)25-18(29)13-12-15-8-5-4-6-9-15/h4-6,8-9,14H,3,7,10-13H2,1-2H3,(H,26,30)(H,25,27,29). The maximum absolute atomic E-state index is 12.9. The number of thioether (sulfide) groups is 1. The van der Waals surface area contributed by atoms with Crippen LogP contribution in [0.15, 0.2) is 34.7 Å². The third-order valence-electron chi connectivity index (χ3n) is 5.42. The van der Waals surface area contributed by atoms with Gasteiger partial charge in [-0.2, -0.15) is 0 Å². The molecule has 4 rings (SSSR count). The Kier molecular flexibility index (Phi) is 8.53. The Bertz CT molecular complexity index is 1210. The number of carbonyl (C=O) groups is 3. The summed E-state index contributed by atoms with van der Waals surface area (Å²) in [5.41, 5.74) is 2.59. The molecule has 2 aromatic heterocycles. The smallest absolute Gasteiger partial charge is 0.341 e. The number of carbonyl (C=O) groups excluding carboxylic acids is 3. The molecule has 1 aromatic carbocycles. The summed E-state index contributed by atoms with van der Waals surface area (Å²) in [6.07, 6.45) is 3.74. The number of amides is 2. The van der Waals surface area contributed by atoms with Gasteiger partial charge in [-0.1, -0.05) is 53.4 Å². The Morgan fingerprint density at radius 2 is 1.91 bits per heavy atom. The number of nitrogens with zero attached hydrogens (tertiary/aromatic N) is 2. The van der Waals surface area contributed by atoms with Crippen LogP contribution in [0.4, 0.5) is 10.1 Å². The summed E-state index contributed by atoms with van der Waals surface area (Å²) in [5, 5.41) is 14.3. The molecule has 0 saturated heterocycles. The van der Waals surface area contributed by atoms with Crippen LogP contribution < -0.4 is 10.6 Å². The molecule has 0 bridgehead atoms. The minimum Gasteiger partial charge on any atom is -0.462 e. The van der Waals surface area contributed by atoms with Crippen molar-refractivity contribution >= 4 is 62.4 Å². The van der Waals surface area contributed by atoms with Crippen molar-refractivity contribution in [2.45, 2.75) is 55.5 Å². The molecule has 1 unspecified atom stereocenters. The van der Waals surface area contributed by atoms with Crippen molar-refractivity contribution in [3.8, 4) is 0 Å². The normalized spacial score (nSPS) is 13.2. The fourth-order valence-corrected chi connectivity index (χ4v) is 6.91. The first-order chi connectivity index (χ1) is 16.9. The van der Waals surface area contributed by atoms with E-state index in [1.165, 1.54) is 34.4 Å². The lowest BCUT2D eigenvalue weighted by atomic mass is 10.1. The maximum Gasteiger partial charge on any atom is 0.341 e. The summed E-state index contributed by atoms with van der Waals surface area (Å²) in [6, 6.07) is 9.80. The number of aromatic nitrogens is 2. The van der Waals surface area contributed by atoms with Crippen LogP contribution in [0.2, 0.25) is 0 Å². The SMILES string of the molecule is CCOC(=O)c1c(NC(=O)C(C)Sc2nnc(NC(=O)CCc3ccccc3)s2)sc2c1CCC2. The highest BCUT2D eigenvalue weighted by Crippen LogP contribution is 2.40. The molecule has 1 aliphatic carbocycles. The molecule has 184 valence electrons. The number of hydrogen-bond donors (Lipinski definition) is 2. The highest BCUT2D eigenvalue weighted by Gasteiger charge is 2.29. The first-order valence-corrected chi connectivity index (χ1v) is 13.9. The number of anilines is 2. The summed E-state index contributed by atoms with van der Waals surface area (Å²) in [7, 11) is 0. The minimum atomic E-state index is -0.475. The van der Waals surface area contributed by atoms with Gasteiger partial charge in [0.2, 0.25) is 16.9 Å². The van der Waals surface area contributed by atoms with E-state index in [2.05, 4.69) is 20.8 Å². The lowest BCUT2D eigenvalue weighted by Gasteiger charge is -2.11. The quantitative estimate of drug-likeness (QED) is 0.217. The van der Waals surface area contributed by atoms with Gasteiger partial charge in [-0.05, 0) is 50.7 Å². The fourth-order valence-electron chi connectivity index (χ4n) is 3.72. The van der Waals surface area contributed by atoms with E-state index in [0.29, 0.717) is 32.9 Å². The van der Waals surface area contributed by atoms with Gasteiger partial charge >= 0.3 is 5.97 Å². The van der Waals surface area contributed by atoms with E-state index in [0.717, 1.165) is 35.3 Å². The number of nitrogens with one attached hydrogen (secondary N) is 2. The number of fused-ring (bicyclic) bond motifs is 1. The number of aryl methyl sites for hydroxylation is 2. The van der Waals surface area contributed by atoms with Crippen LogP contribution in [0.1, 0.15) is 53.1 Å². The molecule has 0 fully saturated rings. The average molecular weight is 531 g/mol. The van der Waals surface area contributed by atoms with Gasteiger partial charge in [0.25, 0.3) is 0 Å². The number of hydrogen-bond acceptors (Lipinski definition) is 9. The van der Waals surface area contributed by atoms with Crippen molar-refractivity contribution in [3.05, 3.63) is 51.9 Å². The molecule has 8 nitrogen and oxygen atoms in total. The lowest BCUT2D eigenvalue weighted by molar-refractivity contribution is -0.116. The lowest BCUT2D eigenvalue weighted by Crippen LogP contribution is -2.23. The van der Waals surface area contributed by atoms with Gasteiger partial charge in [-0.15, -0.1) is 21.5 Å². The van der Waals surface area contributed by atoms with Gasteiger partial charge < -0.3 is 15.4 Å². The molecule has 0 saturated carbocycles. The van der Waals surface area contributed by atoms with Crippen LogP contribution >= 0.6 is 34.4 Å². The number of esters is 1. The third kappa shape index (κ3) is 6.47. The molecule has 11 heteroatoms. The van der Waals surface area contributed by atoms with Crippen molar-refractivity contribution in [2.24, 2.45) is 0 Å². The molecule has 1 atom stereocenters.